The Balaban J connectivity index is 1.84. The molecule has 0 fully saturated rings. The number of aryl methyl sites for hydroxylation is 2. The van der Waals surface area contributed by atoms with Gasteiger partial charge in [-0.1, -0.05) is 24.3 Å². The van der Waals surface area contributed by atoms with Gasteiger partial charge in [-0.05, 0) is 30.9 Å². The zero-order valence-corrected chi connectivity index (χ0v) is 9.76. The number of ether oxygens (including phenoxy) is 1. The molecule has 0 amide bonds. The predicted octanol–water partition coefficient (Wildman–Crippen LogP) is 2.85. The zero-order chi connectivity index (χ0) is 11.7. The molecule has 3 rings (SSSR count). The Morgan fingerprint density at radius 3 is 3.00 bits per heavy atom. The summed E-state index contributed by atoms with van der Waals surface area (Å²) in [6, 6.07) is 10.3. The van der Waals surface area contributed by atoms with Gasteiger partial charge in [0.1, 0.15) is 11.9 Å². The molecule has 0 aliphatic heterocycles. The van der Waals surface area contributed by atoms with E-state index in [1.54, 1.807) is 6.20 Å². The van der Waals surface area contributed by atoms with Crippen molar-refractivity contribution in [3.8, 4) is 5.88 Å². The minimum atomic E-state index is 0.139. The number of hydrogen-bond donors (Lipinski definition) is 0. The van der Waals surface area contributed by atoms with Crippen LogP contribution in [0.4, 0.5) is 0 Å². The summed E-state index contributed by atoms with van der Waals surface area (Å²) in [5, 5.41) is 0. The maximum Gasteiger partial charge on any atom is 0.217 e. The van der Waals surface area contributed by atoms with E-state index >= 15 is 0 Å². The van der Waals surface area contributed by atoms with Crippen molar-refractivity contribution in [2.45, 2.75) is 25.9 Å². The first kappa shape index (κ1) is 10.3. The third-order valence-electron chi connectivity index (χ3n) is 3.09. The van der Waals surface area contributed by atoms with E-state index < -0.39 is 0 Å². The molecule has 0 radical (unpaired) electrons. The van der Waals surface area contributed by atoms with E-state index in [0.717, 1.165) is 18.7 Å². The summed E-state index contributed by atoms with van der Waals surface area (Å²) in [5.74, 6) is 1.41. The van der Waals surface area contributed by atoms with Gasteiger partial charge in [-0.2, -0.15) is 4.98 Å². The van der Waals surface area contributed by atoms with Crippen LogP contribution in [-0.4, -0.2) is 9.97 Å². The fourth-order valence-corrected chi connectivity index (χ4v) is 2.29. The van der Waals surface area contributed by atoms with Gasteiger partial charge in [0.05, 0.1) is 0 Å². The lowest BCUT2D eigenvalue weighted by molar-refractivity contribution is 0.198. The van der Waals surface area contributed by atoms with E-state index in [9.17, 15) is 0 Å². The highest BCUT2D eigenvalue weighted by molar-refractivity contribution is 5.34. The summed E-state index contributed by atoms with van der Waals surface area (Å²) in [6.07, 6.45) is 3.99. The summed E-state index contributed by atoms with van der Waals surface area (Å²) in [7, 11) is 0. The molecule has 3 nitrogen and oxygen atoms in total. The second-order valence-electron chi connectivity index (χ2n) is 4.29. The van der Waals surface area contributed by atoms with E-state index in [2.05, 4.69) is 34.2 Å². The van der Waals surface area contributed by atoms with Crippen LogP contribution in [0.1, 0.15) is 29.5 Å². The number of benzene rings is 1. The molecule has 3 heteroatoms. The van der Waals surface area contributed by atoms with E-state index in [-0.39, 0.29) is 6.10 Å². The smallest absolute Gasteiger partial charge is 0.217 e. The largest absolute Gasteiger partial charge is 0.469 e. The zero-order valence-electron chi connectivity index (χ0n) is 9.76. The molecule has 0 saturated heterocycles. The Hall–Kier alpha value is -1.90. The average molecular weight is 226 g/mol. The molecular weight excluding hydrogens is 212 g/mol. The van der Waals surface area contributed by atoms with E-state index in [1.807, 2.05) is 13.0 Å². The second-order valence-corrected chi connectivity index (χ2v) is 4.29. The minimum absolute atomic E-state index is 0.139. The summed E-state index contributed by atoms with van der Waals surface area (Å²) in [4.78, 5) is 8.34. The van der Waals surface area contributed by atoms with Gasteiger partial charge in [-0.15, -0.1) is 0 Å². The Bertz CT molecular complexity index is 539. The van der Waals surface area contributed by atoms with Crippen molar-refractivity contribution in [2.75, 3.05) is 0 Å². The molecule has 86 valence electrons. The first-order valence-electron chi connectivity index (χ1n) is 5.87. The maximum absolute atomic E-state index is 5.93. The fourth-order valence-electron chi connectivity index (χ4n) is 2.29. The molecule has 17 heavy (non-hydrogen) atoms. The van der Waals surface area contributed by atoms with Gasteiger partial charge in [-0.25, -0.2) is 4.98 Å². The highest BCUT2D eigenvalue weighted by Gasteiger charge is 2.23. The normalized spacial score (nSPS) is 17.8. The molecular formula is C14H14N2O. The van der Waals surface area contributed by atoms with Gasteiger partial charge in [0, 0.05) is 12.3 Å². The van der Waals surface area contributed by atoms with Crippen LogP contribution in [-0.2, 0) is 6.42 Å². The lowest BCUT2D eigenvalue weighted by Gasteiger charge is -2.13. The van der Waals surface area contributed by atoms with Crippen LogP contribution in [0.25, 0.3) is 0 Å². The highest BCUT2D eigenvalue weighted by atomic mass is 16.5. The minimum Gasteiger partial charge on any atom is -0.469 e. The van der Waals surface area contributed by atoms with Crippen molar-refractivity contribution in [1.29, 1.82) is 0 Å². The number of hydrogen-bond acceptors (Lipinski definition) is 3. The SMILES string of the molecule is Cc1nccc(OC2CCc3ccccc32)n1. The predicted molar refractivity (Wildman–Crippen MR) is 64.9 cm³/mol. The van der Waals surface area contributed by atoms with Crippen LogP contribution < -0.4 is 4.74 Å². The summed E-state index contributed by atoms with van der Waals surface area (Å²) >= 11 is 0. The molecule has 0 bridgehead atoms. The third-order valence-corrected chi connectivity index (χ3v) is 3.09. The number of rotatable bonds is 2. The van der Waals surface area contributed by atoms with Gasteiger partial charge in [0.25, 0.3) is 0 Å². The Morgan fingerprint density at radius 2 is 2.12 bits per heavy atom. The van der Waals surface area contributed by atoms with Crippen molar-refractivity contribution in [2.24, 2.45) is 0 Å². The van der Waals surface area contributed by atoms with Crippen LogP contribution in [0, 0.1) is 6.92 Å². The monoisotopic (exact) mass is 226 g/mol. The molecule has 0 N–H and O–H groups in total. The molecule has 2 aromatic rings. The molecule has 1 atom stereocenters. The number of aromatic nitrogens is 2. The van der Waals surface area contributed by atoms with Gasteiger partial charge in [0.15, 0.2) is 0 Å². The summed E-state index contributed by atoms with van der Waals surface area (Å²) < 4.78 is 5.93. The van der Waals surface area contributed by atoms with Gasteiger partial charge in [-0.3, -0.25) is 0 Å². The van der Waals surface area contributed by atoms with E-state index in [1.165, 1.54) is 11.1 Å². The maximum atomic E-state index is 5.93. The molecule has 0 saturated carbocycles. The van der Waals surface area contributed by atoms with Crippen LogP contribution in [0.5, 0.6) is 5.88 Å². The van der Waals surface area contributed by atoms with Gasteiger partial charge in [0.2, 0.25) is 5.88 Å². The van der Waals surface area contributed by atoms with Gasteiger partial charge >= 0.3 is 0 Å². The molecule has 1 heterocycles. The molecule has 1 aliphatic carbocycles. The molecule has 1 aromatic heterocycles. The lowest BCUT2D eigenvalue weighted by Crippen LogP contribution is -2.05. The summed E-state index contributed by atoms with van der Waals surface area (Å²) in [5.41, 5.74) is 2.69. The van der Waals surface area contributed by atoms with Crippen molar-refractivity contribution in [1.82, 2.24) is 9.97 Å². The van der Waals surface area contributed by atoms with Crippen LogP contribution in [0.15, 0.2) is 36.5 Å². The molecule has 1 aromatic carbocycles. The molecule has 0 spiro atoms. The lowest BCUT2D eigenvalue weighted by atomic mass is 10.1. The topological polar surface area (TPSA) is 35.0 Å². The van der Waals surface area contributed by atoms with E-state index in [0.29, 0.717) is 5.88 Å². The van der Waals surface area contributed by atoms with Crippen molar-refractivity contribution in [3.63, 3.8) is 0 Å². The average Bonchev–Trinajstić information content (AvgIpc) is 2.73. The van der Waals surface area contributed by atoms with Crippen LogP contribution >= 0.6 is 0 Å². The van der Waals surface area contributed by atoms with Crippen molar-refractivity contribution >= 4 is 0 Å². The first-order valence-corrected chi connectivity index (χ1v) is 5.87. The Kier molecular flexibility index (Phi) is 2.52. The fraction of sp³-hybridized carbons (Fsp3) is 0.286. The standard InChI is InChI=1S/C14H14N2O/c1-10-15-9-8-14(16-10)17-13-7-6-11-4-2-3-5-12(11)13/h2-5,8-9,13H,6-7H2,1H3. The van der Waals surface area contributed by atoms with Crippen LogP contribution in [0.3, 0.4) is 0 Å². The number of nitrogens with zero attached hydrogens (tertiary/aromatic N) is 2. The Labute approximate surface area is 100 Å². The summed E-state index contributed by atoms with van der Waals surface area (Å²) in [6.45, 7) is 1.87. The third kappa shape index (κ3) is 2.00. The molecule has 1 unspecified atom stereocenters. The van der Waals surface area contributed by atoms with Crippen molar-refractivity contribution in [3.05, 3.63) is 53.5 Å². The quantitative estimate of drug-likeness (QED) is 0.789. The van der Waals surface area contributed by atoms with Crippen LogP contribution in [0.2, 0.25) is 0 Å². The van der Waals surface area contributed by atoms with Gasteiger partial charge < -0.3 is 4.74 Å². The first-order chi connectivity index (χ1) is 8.33. The molecule has 1 aliphatic rings. The Morgan fingerprint density at radius 1 is 1.24 bits per heavy atom. The number of fused-ring (bicyclic) bond motifs is 1. The van der Waals surface area contributed by atoms with Crippen molar-refractivity contribution < 1.29 is 4.74 Å². The highest BCUT2D eigenvalue weighted by Crippen LogP contribution is 2.33. The second kappa shape index (κ2) is 4.17. The van der Waals surface area contributed by atoms with E-state index in [4.69, 9.17) is 4.74 Å².